The Morgan fingerprint density at radius 2 is 1.97 bits per heavy atom. The fourth-order valence-corrected chi connectivity index (χ4v) is 3.65. The first kappa shape index (κ1) is 21.2. The number of carbonyl (C=O) groups excluding carboxylic acids is 3. The molecule has 3 aliphatic heterocycles. The van der Waals surface area contributed by atoms with Crippen molar-refractivity contribution in [2.75, 3.05) is 13.6 Å². The molecule has 1 unspecified atom stereocenters. The first-order valence-electron chi connectivity index (χ1n) is 9.90. The van der Waals surface area contributed by atoms with E-state index in [0.29, 0.717) is 18.5 Å². The van der Waals surface area contributed by atoms with Gasteiger partial charge in [-0.25, -0.2) is 14.2 Å². The maximum atomic E-state index is 13.3. The Labute approximate surface area is 182 Å². The molecule has 3 amide bonds. The number of benzene rings is 1. The highest BCUT2D eigenvalue weighted by Gasteiger charge is 2.52. The molecule has 0 aliphatic carbocycles. The van der Waals surface area contributed by atoms with Gasteiger partial charge in [-0.2, -0.15) is 0 Å². The number of amides is 3. The third-order valence-electron chi connectivity index (χ3n) is 5.17. The number of aliphatic hydroxyl groups excluding tert-OH is 1. The van der Waals surface area contributed by atoms with E-state index in [1.807, 2.05) is 0 Å². The van der Waals surface area contributed by atoms with Crippen molar-refractivity contribution in [1.82, 2.24) is 10.6 Å². The SMILES string of the molecule is CCNC(=O)C1=C[N+]2=C3C(=NC=C(Cc4ccc(F)cc4)C3O1)C(O)=C(C(=O)NC)C2=O. The van der Waals surface area contributed by atoms with Gasteiger partial charge in [-0.15, -0.1) is 4.58 Å². The van der Waals surface area contributed by atoms with E-state index in [1.54, 1.807) is 19.1 Å². The molecule has 1 atom stereocenters. The Morgan fingerprint density at radius 1 is 1.25 bits per heavy atom. The number of nitrogens with zero attached hydrogens (tertiary/aromatic N) is 2. The number of hydrogen-bond donors (Lipinski definition) is 3. The predicted molar refractivity (Wildman–Crippen MR) is 111 cm³/mol. The normalized spacial score (nSPS) is 19.4. The van der Waals surface area contributed by atoms with Crippen LogP contribution in [0.15, 0.2) is 64.3 Å². The van der Waals surface area contributed by atoms with Crippen LogP contribution in [-0.4, -0.2) is 58.5 Å². The lowest BCUT2D eigenvalue weighted by Crippen LogP contribution is -2.52. The van der Waals surface area contributed by atoms with Crippen molar-refractivity contribution in [2.45, 2.75) is 19.4 Å². The fraction of sp³-hybridized carbons (Fsp3) is 0.227. The van der Waals surface area contributed by atoms with Crippen LogP contribution in [0.5, 0.6) is 0 Å². The molecule has 0 saturated heterocycles. The summed E-state index contributed by atoms with van der Waals surface area (Å²) in [6.45, 7) is 2.07. The molecule has 3 heterocycles. The number of halogens is 1. The summed E-state index contributed by atoms with van der Waals surface area (Å²) in [7, 11) is 1.33. The lowest BCUT2D eigenvalue weighted by Gasteiger charge is -2.29. The average molecular weight is 439 g/mol. The van der Waals surface area contributed by atoms with Crippen molar-refractivity contribution < 1.29 is 33.2 Å². The highest BCUT2D eigenvalue weighted by Crippen LogP contribution is 2.30. The van der Waals surface area contributed by atoms with Gasteiger partial charge in [0.25, 0.3) is 23.3 Å². The van der Waals surface area contributed by atoms with Crippen molar-refractivity contribution >= 4 is 29.1 Å². The van der Waals surface area contributed by atoms with E-state index >= 15 is 0 Å². The van der Waals surface area contributed by atoms with Crippen LogP contribution in [0.1, 0.15) is 12.5 Å². The zero-order valence-corrected chi connectivity index (χ0v) is 17.3. The van der Waals surface area contributed by atoms with Crippen LogP contribution in [0.3, 0.4) is 0 Å². The van der Waals surface area contributed by atoms with Gasteiger partial charge in [0.15, 0.2) is 17.0 Å². The van der Waals surface area contributed by atoms with E-state index in [9.17, 15) is 23.9 Å². The Balaban J connectivity index is 1.84. The second-order valence-corrected chi connectivity index (χ2v) is 7.20. The summed E-state index contributed by atoms with van der Waals surface area (Å²) in [6, 6.07) is 5.86. The Kier molecular flexibility index (Phi) is 5.43. The van der Waals surface area contributed by atoms with E-state index in [4.69, 9.17) is 4.74 Å². The predicted octanol–water partition coefficient (Wildman–Crippen LogP) is 0.635. The first-order valence-corrected chi connectivity index (χ1v) is 9.90. The van der Waals surface area contributed by atoms with Gasteiger partial charge in [0, 0.05) is 25.4 Å². The molecule has 9 nitrogen and oxygen atoms in total. The molecular weight excluding hydrogens is 419 g/mol. The molecular formula is C22H20FN4O5+. The number of ether oxygens (including phenoxy) is 1. The fourth-order valence-electron chi connectivity index (χ4n) is 3.65. The number of rotatable bonds is 5. The topological polar surface area (TPSA) is 120 Å². The minimum Gasteiger partial charge on any atom is -0.504 e. The van der Waals surface area contributed by atoms with Gasteiger partial charge in [-0.3, -0.25) is 9.59 Å². The molecule has 0 spiro atoms. The summed E-state index contributed by atoms with van der Waals surface area (Å²) in [5.74, 6) is -3.21. The second kappa shape index (κ2) is 8.22. The lowest BCUT2D eigenvalue weighted by molar-refractivity contribution is -0.385. The molecule has 0 fully saturated rings. The monoisotopic (exact) mass is 439 g/mol. The number of nitrogens with one attached hydrogen (secondary N) is 2. The Morgan fingerprint density at radius 3 is 2.62 bits per heavy atom. The average Bonchev–Trinajstić information content (AvgIpc) is 2.79. The molecule has 4 rings (SSSR count). The first-order chi connectivity index (χ1) is 15.3. The van der Waals surface area contributed by atoms with Gasteiger partial charge in [-0.1, -0.05) is 12.1 Å². The quantitative estimate of drug-likeness (QED) is 0.459. The minimum absolute atomic E-state index is 0.00209. The molecule has 0 aromatic heterocycles. The smallest absolute Gasteiger partial charge is 0.434 e. The van der Waals surface area contributed by atoms with Crippen molar-refractivity contribution in [3.8, 4) is 0 Å². The van der Waals surface area contributed by atoms with Crippen LogP contribution in [-0.2, 0) is 25.5 Å². The van der Waals surface area contributed by atoms with Gasteiger partial charge >= 0.3 is 5.91 Å². The van der Waals surface area contributed by atoms with Crippen molar-refractivity contribution in [3.05, 3.63) is 70.7 Å². The number of likely N-dealkylation sites (N-methyl/N-ethyl adjacent to an activating group) is 2. The van der Waals surface area contributed by atoms with E-state index in [2.05, 4.69) is 15.6 Å². The van der Waals surface area contributed by atoms with Gasteiger partial charge in [0.1, 0.15) is 5.82 Å². The van der Waals surface area contributed by atoms with Crippen molar-refractivity contribution in [2.24, 2.45) is 4.99 Å². The molecule has 10 heteroatoms. The van der Waals surface area contributed by atoms with Crippen LogP contribution in [0, 0.1) is 5.82 Å². The third-order valence-corrected chi connectivity index (χ3v) is 5.17. The van der Waals surface area contributed by atoms with Crippen molar-refractivity contribution in [1.29, 1.82) is 0 Å². The molecule has 1 aromatic rings. The Bertz CT molecular complexity index is 1190. The van der Waals surface area contributed by atoms with Crippen LogP contribution >= 0.6 is 0 Å². The lowest BCUT2D eigenvalue weighted by atomic mass is 9.89. The minimum atomic E-state index is -0.924. The molecule has 3 N–H and O–H groups in total. The summed E-state index contributed by atoms with van der Waals surface area (Å²) >= 11 is 0. The number of carbonyl (C=O) groups is 3. The third kappa shape index (κ3) is 3.49. The van der Waals surface area contributed by atoms with Crippen LogP contribution in [0.25, 0.3) is 0 Å². The highest BCUT2D eigenvalue weighted by atomic mass is 19.1. The van der Waals surface area contributed by atoms with E-state index in [1.165, 1.54) is 31.6 Å². The van der Waals surface area contributed by atoms with Gasteiger partial charge in [0.2, 0.25) is 12.3 Å². The maximum Gasteiger partial charge on any atom is 0.434 e. The molecule has 164 valence electrons. The standard InChI is InChI=1S/C22H19FN4O5/c1-3-25-20(29)14-10-27-17-16(18(28)15(22(27)31)21(30)24-2)26-9-12(19(17)32-14)8-11-4-6-13(23)7-5-11/h4-7,9-10,19H,3,8H2,1-2H3,(H2-,24,25,28,29,30,31)/p+1. The number of aliphatic hydroxyl groups is 1. The van der Waals surface area contributed by atoms with E-state index in [0.717, 1.165) is 10.1 Å². The van der Waals surface area contributed by atoms with Crippen LogP contribution in [0.2, 0.25) is 0 Å². The van der Waals surface area contributed by atoms with Crippen molar-refractivity contribution in [3.63, 3.8) is 0 Å². The zero-order valence-electron chi connectivity index (χ0n) is 17.3. The summed E-state index contributed by atoms with van der Waals surface area (Å²) < 4.78 is 20.3. The second-order valence-electron chi connectivity index (χ2n) is 7.20. The molecule has 32 heavy (non-hydrogen) atoms. The van der Waals surface area contributed by atoms with Gasteiger partial charge < -0.3 is 20.5 Å². The van der Waals surface area contributed by atoms with Crippen LogP contribution < -0.4 is 10.6 Å². The van der Waals surface area contributed by atoms with Crippen LogP contribution in [0.4, 0.5) is 4.39 Å². The number of hydrogen-bond acceptors (Lipinski definition) is 6. The Hall–Kier alpha value is -4.08. The summed E-state index contributed by atoms with van der Waals surface area (Å²) in [4.78, 5) is 42.1. The van der Waals surface area contributed by atoms with E-state index < -0.39 is 35.2 Å². The molecule has 0 saturated carbocycles. The van der Waals surface area contributed by atoms with Gasteiger partial charge in [0.05, 0.1) is 0 Å². The summed E-state index contributed by atoms with van der Waals surface area (Å²) in [5, 5.41) is 15.6. The summed E-state index contributed by atoms with van der Waals surface area (Å²) in [6.07, 6.45) is 2.01. The highest BCUT2D eigenvalue weighted by molar-refractivity contribution is 6.52. The zero-order chi connectivity index (χ0) is 23.0. The maximum absolute atomic E-state index is 13.3. The van der Waals surface area contributed by atoms with Gasteiger partial charge in [-0.05, 0) is 31.0 Å². The molecule has 1 aromatic carbocycles. The number of aliphatic imine (C=N–C) groups is 1. The molecule has 0 bridgehead atoms. The molecule has 3 aliphatic rings. The number of allylic oxidation sites excluding steroid dienone is 1. The van der Waals surface area contributed by atoms with E-state index in [-0.39, 0.29) is 23.0 Å². The largest absolute Gasteiger partial charge is 0.504 e. The summed E-state index contributed by atoms with van der Waals surface area (Å²) in [5.41, 5.74) is 1.06. The molecule has 0 radical (unpaired) electrons.